The predicted molar refractivity (Wildman–Crippen MR) is 65.0 cm³/mol. The number of aliphatic hydroxyl groups is 1. The lowest BCUT2D eigenvalue weighted by Crippen LogP contribution is -2.27. The number of ether oxygens (including phenoxy) is 1. The van der Waals surface area contributed by atoms with Gasteiger partial charge in [0.25, 0.3) is 0 Å². The average molecular weight is 240 g/mol. The molecule has 0 spiro atoms. The van der Waals surface area contributed by atoms with Gasteiger partial charge in [0.15, 0.2) is 0 Å². The van der Waals surface area contributed by atoms with Crippen molar-refractivity contribution >= 4 is 11.8 Å². The van der Waals surface area contributed by atoms with E-state index in [0.717, 1.165) is 17.9 Å². The Morgan fingerprint density at radius 3 is 2.75 bits per heavy atom. The van der Waals surface area contributed by atoms with Gasteiger partial charge in [0.1, 0.15) is 18.1 Å². The molecule has 88 valence electrons. The highest BCUT2D eigenvalue weighted by atomic mass is 32.2. The molecule has 2 unspecified atom stereocenters. The highest BCUT2D eigenvalue weighted by molar-refractivity contribution is 7.99. The summed E-state index contributed by atoms with van der Waals surface area (Å²) in [5.41, 5.74) is 0. The van der Waals surface area contributed by atoms with Gasteiger partial charge in [0, 0.05) is 0 Å². The van der Waals surface area contributed by atoms with Gasteiger partial charge in [-0.2, -0.15) is 11.8 Å². The van der Waals surface area contributed by atoms with Crippen LogP contribution in [0.25, 0.3) is 0 Å². The van der Waals surface area contributed by atoms with E-state index in [1.807, 2.05) is 11.8 Å². The van der Waals surface area contributed by atoms with Gasteiger partial charge in [-0.25, -0.2) is 0 Å². The third kappa shape index (κ3) is 3.06. The minimum Gasteiger partial charge on any atom is -0.508 e. The normalized spacial score (nSPS) is 21.9. The summed E-state index contributed by atoms with van der Waals surface area (Å²) < 4.78 is 5.46. The summed E-state index contributed by atoms with van der Waals surface area (Å²) in [6.07, 6.45) is 0.689. The number of aromatic hydroxyl groups is 1. The Kier molecular flexibility index (Phi) is 3.96. The molecular weight excluding hydrogens is 224 g/mol. The summed E-state index contributed by atoms with van der Waals surface area (Å²) in [4.78, 5) is 0. The van der Waals surface area contributed by atoms with Gasteiger partial charge < -0.3 is 14.9 Å². The van der Waals surface area contributed by atoms with E-state index in [1.54, 1.807) is 24.3 Å². The second-order valence-corrected chi connectivity index (χ2v) is 5.15. The van der Waals surface area contributed by atoms with Crippen LogP contribution in [0.3, 0.4) is 0 Å². The van der Waals surface area contributed by atoms with Crippen LogP contribution in [0, 0.1) is 5.92 Å². The van der Waals surface area contributed by atoms with E-state index in [4.69, 9.17) is 9.84 Å². The van der Waals surface area contributed by atoms with Crippen molar-refractivity contribution < 1.29 is 14.9 Å². The molecule has 2 atom stereocenters. The zero-order valence-electron chi connectivity index (χ0n) is 9.00. The van der Waals surface area contributed by atoms with Crippen molar-refractivity contribution in [3.05, 3.63) is 24.3 Å². The van der Waals surface area contributed by atoms with Crippen molar-refractivity contribution in [3.63, 3.8) is 0 Å². The molecule has 1 aromatic carbocycles. The second-order valence-electron chi connectivity index (χ2n) is 4.00. The fraction of sp³-hybridized carbons (Fsp3) is 0.500. The number of thioether (sulfide) groups is 1. The SMILES string of the molecule is Oc1ccc(OCC(O)C2CCSC2)cc1. The van der Waals surface area contributed by atoms with Crippen molar-refractivity contribution in [1.82, 2.24) is 0 Å². The van der Waals surface area contributed by atoms with Crippen LogP contribution in [0.15, 0.2) is 24.3 Å². The molecule has 1 fully saturated rings. The molecular formula is C12H16O3S. The first-order valence-corrected chi connectivity index (χ1v) is 6.59. The number of hydrogen-bond acceptors (Lipinski definition) is 4. The molecule has 0 aliphatic carbocycles. The molecule has 0 radical (unpaired) electrons. The third-order valence-electron chi connectivity index (χ3n) is 2.77. The van der Waals surface area contributed by atoms with E-state index in [2.05, 4.69) is 0 Å². The molecule has 1 aliphatic rings. The van der Waals surface area contributed by atoms with Crippen LogP contribution in [0.2, 0.25) is 0 Å². The quantitative estimate of drug-likeness (QED) is 0.843. The van der Waals surface area contributed by atoms with Gasteiger partial charge in [0.2, 0.25) is 0 Å². The van der Waals surface area contributed by atoms with E-state index < -0.39 is 0 Å². The molecule has 3 nitrogen and oxygen atoms in total. The minimum absolute atomic E-state index is 0.222. The molecule has 2 rings (SSSR count). The maximum Gasteiger partial charge on any atom is 0.119 e. The lowest BCUT2D eigenvalue weighted by atomic mass is 10.0. The standard InChI is InChI=1S/C12H16O3S/c13-10-1-3-11(4-2-10)15-7-12(14)9-5-6-16-8-9/h1-4,9,12-14H,5-8H2. The van der Waals surface area contributed by atoms with Crippen LogP contribution in [0.4, 0.5) is 0 Å². The van der Waals surface area contributed by atoms with Crippen LogP contribution in [-0.4, -0.2) is 34.4 Å². The van der Waals surface area contributed by atoms with Crippen LogP contribution >= 0.6 is 11.8 Å². The first kappa shape index (κ1) is 11.6. The molecule has 0 aromatic heterocycles. The van der Waals surface area contributed by atoms with Crippen LogP contribution in [0.1, 0.15) is 6.42 Å². The maximum atomic E-state index is 9.88. The van der Waals surface area contributed by atoms with Gasteiger partial charge in [-0.15, -0.1) is 0 Å². The number of hydrogen-bond donors (Lipinski definition) is 2. The van der Waals surface area contributed by atoms with Gasteiger partial charge in [-0.05, 0) is 48.1 Å². The fourth-order valence-electron chi connectivity index (χ4n) is 1.72. The first-order chi connectivity index (χ1) is 7.75. The molecule has 1 aliphatic heterocycles. The molecule has 4 heteroatoms. The monoisotopic (exact) mass is 240 g/mol. The lowest BCUT2D eigenvalue weighted by molar-refractivity contribution is 0.0663. The van der Waals surface area contributed by atoms with Gasteiger partial charge >= 0.3 is 0 Å². The molecule has 1 aromatic rings. The van der Waals surface area contributed by atoms with Gasteiger partial charge in [0.05, 0.1) is 6.10 Å². The van der Waals surface area contributed by atoms with Crippen molar-refractivity contribution in [2.75, 3.05) is 18.1 Å². The van der Waals surface area contributed by atoms with Crippen molar-refractivity contribution in [2.24, 2.45) is 5.92 Å². The highest BCUT2D eigenvalue weighted by Crippen LogP contribution is 2.26. The second kappa shape index (κ2) is 5.46. The molecule has 0 bridgehead atoms. The average Bonchev–Trinajstić information content (AvgIpc) is 2.81. The highest BCUT2D eigenvalue weighted by Gasteiger charge is 2.23. The molecule has 16 heavy (non-hydrogen) atoms. The van der Waals surface area contributed by atoms with Gasteiger partial charge in [-0.1, -0.05) is 0 Å². The Bertz CT molecular complexity index is 320. The van der Waals surface area contributed by atoms with Crippen LogP contribution in [-0.2, 0) is 0 Å². The third-order valence-corrected chi connectivity index (χ3v) is 3.95. The number of rotatable bonds is 4. The van der Waals surface area contributed by atoms with E-state index in [9.17, 15) is 5.11 Å². The summed E-state index contributed by atoms with van der Waals surface area (Å²) in [6, 6.07) is 6.55. The molecule has 1 heterocycles. The van der Waals surface area contributed by atoms with Crippen LogP contribution < -0.4 is 4.74 Å². The molecule has 1 saturated heterocycles. The zero-order chi connectivity index (χ0) is 11.4. The van der Waals surface area contributed by atoms with E-state index in [-0.39, 0.29) is 11.9 Å². The Hall–Kier alpha value is -0.870. The Morgan fingerprint density at radius 1 is 1.38 bits per heavy atom. The maximum absolute atomic E-state index is 9.88. The Labute approximate surface area is 99.4 Å². The number of aliphatic hydroxyl groups excluding tert-OH is 1. The number of benzene rings is 1. The Balaban J connectivity index is 1.80. The molecule has 0 saturated carbocycles. The van der Waals surface area contributed by atoms with E-state index in [1.165, 1.54) is 0 Å². The minimum atomic E-state index is -0.385. The van der Waals surface area contributed by atoms with Crippen LogP contribution in [0.5, 0.6) is 11.5 Å². The van der Waals surface area contributed by atoms with Crippen molar-refractivity contribution in [1.29, 1.82) is 0 Å². The summed E-state index contributed by atoms with van der Waals surface area (Å²) in [5, 5.41) is 19.0. The molecule has 2 N–H and O–H groups in total. The first-order valence-electron chi connectivity index (χ1n) is 5.43. The lowest BCUT2D eigenvalue weighted by Gasteiger charge is -2.17. The summed E-state index contributed by atoms with van der Waals surface area (Å²) >= 11 is 1.89. The Morgan fingerprint density at radius 2 is 2.12 bits per heavy atom. The zero-order valence-corrected chi connectivity index (χ0v) is 9.82. The summed E-state index contributed by atoms with van der Waals surface area (Å²) in [5.74, 6) is 3.44. The number of phenolic OH excluding ortho intramolecular Hbond substituents is 1. The summed E-state index contributed by atoms with van der Waals surface area (Å²) in [6.45, 7) is 0.329. The molecule has 0 amide bonds. The van der Waals surface area contributed by atoms with E-state index in [0.29, 0.717) is 18.3 Å². The predicted octanol–water partition coefficient (Wildman–Crippen LogP) is 1.89. The smallest absolute Gasteiger partial charge is 0.119 e. The van der Waals surface area contributed by atoms with E-state index >= 15 is 0 Å². The van der Waals surface area contributed by atoms with Crippen molar-refractivity contribution in [3.8, 4) is 11.5 Å². The fourth-order valence-corrected chi connectivity index (χ4v) is 3.04. The van der Waals surface area contributed by atoms with Gasteiger partial charge in [-0.3, -0.25) is 0 Å². The van der Waals surface area contributed by atoms with Crippen molar-refractivity contribution in [2.45, 2.75) is 12.5 Å². The summed E-state index contributed by atoms with van der Waals surface area (Å²) in [7, 11) is 0. The topological polar surface area (TPSA) is 49.7 Å². The number of phenols is 1. The largest absolute Gasteiger partial charge is 0.508 e.